The molecule has 1 fully saturated rings. The minimum absolute atomic E-state index is 0.236. The molecule has 0 radical (unpaired) electrons. The maximum absolute atomic E-state index is 12.2. The molecule has 3 aromatic heterocycles. The number of imidazole rings is 1. The lowest BCUT2D eigenvalue weighted by Gasteiger charge is -2.26. The Hall–Kier alpha value is -2.73. The number of thiazole rings is 1. The molecule has 5 rings (SSSR count). The third kappa shape index (κ3) is 4.79. The van der Waals surface area contributed by atoms with Crippen molar-refractivity contribution in [2.75, 3.05) is 44.7 Å². The Bertz CT molecular complexity index is 1200. The van der Waals surface area contributed by atoms with E-state index in [0.29, 0.717) is 17.5 Å². The smallest absolute Gasteiger partial charge is 0.321 e. The highest BCUT2D eigenvalue weighted by atomic mass is 32.2. The number of hydrogen-bond donors (Lipinski definition) is 2. The molecular formula is C20H21N7O2S2. The number of benzene rings is 1. The molecule has 11 heteroatoms. The second-order valence-electron chi connectivity index (χ2n) is 6.97. The minimum Gasteiger partial charge on any atom is -0.379 e. The van der Waals surface area contributed by atoms with Crippen LogP contribution in [-0.4, -0.2) is 69.7 Å². The Labute approximate surface area is 186 Å². The lowest BCUT2D eigenvalue weighted by molar-refractivity contribution is 0.0388. The van der Waals surface area contributed by atoms with Crippen molar-refractivity contribution in [2.24, 2.45) is 0 Å². The maximum atomic E-state index is 12.2. The molecule has 0 saturated carbocycles. The molecule has 4 aromatic rings. The summed E-state index contributed by atoms with van der Waals surface area (Å²) in [7, 11) is 0. The summed E-state index contributed by atoms with van der Waals surface area (Å²) in [5, 5.41) is 7.31. The van der Waals surface area contributed by atoms with Gasteiger partial charge in [-0.05, 0) is 24.3 Å². The van der Waals surface area contributed by atoms with Gasteiger partial charge in [-0.15, -0.1) is 0 Å². The number of morpholine rings is 1. The lowest BCUT2D eigenvalue weighted by atomic mass is 10.3. The molecule has 0 unspecified atom stereocenters. The fraction of sp³-hybridized carbons (Fsp3) is 0.300. The highest BCUT2D eigenvalue weighted by Crippen LogP contribution is 2.33. The largest absolute Gasteiger partial charge is 0.379 e. The number of fused-ring (bicyclic) bond motifs is 2. The summed E-state index contributed by atoms with van der Waals surface area (Å²) < 4.78 is 8.30. The summed E-state index contributed by atoms with van der Waals surface area (Å²) in [6.07, 6.45) is 5.49. The second-order valence-corrected chi connectivity index (χ2v) is 9.10. The number of hydrogen-bond acceptors (Lipinski definition) is 8. The van der Waals surface area contributed by atoms with E-state index in [-0.39, 0.29) is 6.03 Å². The summed E-state index contributed by atoms with van der Waals surface area (Å²) >= 11 is 3.07. The van der Waals surface area contributed by atoms with Gasteiger partial charge in [0.05, 0.1) is 29.6 Å². The van der Waals surface area contributed by atoms with E-state index in [1.54, 1.807) is 18.0 Å². The molecule has 0 spiro atoms. The van der Waals surface area contributed by atoms with E-state index in [2.05, 4.69) is 36.6 Å². The molecule has 160 valence electrons. The van der Waals surface area contributed by atoms with Crippen molar-refractivity contribution in [2.45, 2.75) is 9.92 Å². The summed E-state index contributed by atoms with van der Waals surface area (Å²) in [4.78, 5) is 28.7. The normalized spacial score (nSPS) is 14.8. The van der Waals surface area contributed by atoms with Crippen LogP contribution in [0.2, 0.25) is 0 Å². The van der Waals surface area contributed by atoms with Crippen molar-refractivity contribution in [1.29, 1.82) is 0 Å². The van der Waals surface area contributed by atoms with Gasteiger partial charge in [0.25, 0.3) is 0 Å². The SMILES string of the molecule is O=C(NCCN1CCOCC1)Nc1nc2ccc(Sc3cnc4ncccn34)cc2s1. The number of ether oxygens (including phenoxy) is 1. The lowest BCUT2D eigenvalue weighted by Crippen LogP contribution is -2.42. The van der Waals surface area contributed by atoms with Gasteiger partial charge in [-0.25, -0.2) is 19.7 Å². The summed E-state index contributed by atoms with van der Waals surface area (Å²) in [5.74, 6) is 0.676. The number of amides is 2. The van der Waals surface area contributed by atoms with Crippen LogP contribution in [0.25, 0.3) is 16.0 Å². The van der Waals surface area contributed by atoms with Gasteiger partial charge < -0.3 is 10.1 Å². The molecule has 1 aliphatic heterocycles. The summed E-state index contributed by atoms with van der Waals surface area (Å²) in [6.45, 7) is 4.74. The van der Waals surface area contributed by atoms with Crippen molar-refractivity contribution in [3.63, 3.8) is 0 Å². The predicted molar refractivity (Wildman–Crippen MR) is 121 cm³/mol. The van der Waals surface area contributed by atoms with Crippen molar-refractivity contribution in [3.8, 4) is 0 Å². The zero-order valence-corrected chi connectivity index (χ0v) is 18.3. The third-order valence-corrected chi connectivity index (χ3v) is 6.81. The van der Waals surface area contributed by atoms with Gasteiger partial charge in [0.1, 0.15) is 5.03 Å². The van der Waals surface area contributed by atoms with Gasteiger partial charge in [-0.2, -0.15) is 0 Å². The monoisotopic (exact) mass is 455 g/mol. The molecule has 2 N–H and O–H groups in total. The average molecular weight is 456 g/mol. The number of urea groups is 1. The second kappa shape index (κ2) is 9.18. The Balaban J connectivity index is 1.20. The fourth-order valence-corrected chi connectivity index (χ4v) is 5.19. The van der Waals surface area contributed by atoms with Crippen molar-refractivity contribution in [3.05, 3.63) is 42.9 Å². The van der Waals surface area contributed by atoms with Crippen LogP contribution in [0.3, 0.4) is 0 Å². The summed E-state index contributed by atoms with van der Waals surface area (Å²) in [5.41, 5.74) is 0.859. The van der Waals surface area contributed by atoms with Crippen LogP contribution >= 0.6 is 23.1 Å². The quantitative estimate of drug-likeness (QED) is 0.461. The van der Waals surface area contributed by atoms with Gasteiger partial charge in [-0.3, -0.25) is 14.6 Å². The molecule has 0 aliphatic carbocycles. The minimum atomic E-state index is -0.236. The van der Waals surface area contributed by atoms with E-state index < -0.39 is 0 Å². The van der Waals surface area contributed by atoms with E-state index >= 15 is 0 Å². The van der Waals surface area contributed by atoms with Gasteiger partial charge in [0.15, 0.2) is 5.13 Å². The van der Waals surface area contributed by atoms with Crippen LogP contribution in [0.15, 0.2) is 52.8 Å². The molecule has 0 bridgehead atoms. The fourth-order valence-electron chi connectivity index (χ4n) is 3.32. The molecule has 1 aromatic carbocycles. The molecular weight excluding hydrogens is 434 g/mol. The molecule has 9 nitrogen and oxygen atoms in total. The topological polar surface area (TPSA) is 96.7 Å². The van der Waals surface area contributed by atoms with Crippen LogP contribution in [0.4, 0.5) is 9.93 Å². The van der Waals surface area contributed by atoms with E-state index in [9.17, 15) is 4.79 Å². The van der Waals surface area contributed by atoms with Crippen LogP contribution in [0.1, 0.15) is 0 Å². The number of nitrogens with zero attached hydrogens (tertiary/aromatic N) is 5. The molecule has 1 aliphatic rings. The average Bonchev–Trinajstić information content (AvgIpc) is 3.38. The molecule has 1 saturated heterocycles. The number of anilines is 1. The maximum Gasteiger partial charge on any atom is 0.321 e. The Morgan fingerprint density at radius 2 is 2.16 bits per heavy atom. The molecule has 4 heterocycles. The standard InChI is InChI=1S/C20H21N7O2S2/c28-19(22-5-7-26-8-10-29-11-9-26)25-20-24-15-3-2-14(12-16(15)31-20)30-17-13-23-18-21-4-1-6-27(17)18/h1-4,6,12-13H,5,7-11H2,(H2,22,24,25,28). The van der Waals surface area contributed by atoms with E-state index in [4.69, 9.17) is 4.74 Å². The molecule has 31 heavy (non-hydrogen) atoms. The van der Waals surface area contributed by atoms with Crippen LogP contribution in [-0.2, 0) is 4.74 Å². The number of nitrogens with one attached hydrogen (secondary N) is 2. The molecule has 0 atom stereocenters. The van der Waals surface area contributed by atoms with Crippen molar-refractivity contribution >= 4 is 50.3 Å². The first-order valence-corrected chi connectivity index (χ1v) is 11.6. The highest BCUT2D eigenvalue weighted by molar-refractivity contribution is 7.99. The van der Waals surface area contributed by atoms with Gasteiger partial charge in [0.2, 0.25) is 5.78 Å². The van der Waals surface area contributed by atoms with Gasteiger partial charge >= 0.3 is 6.03 Å². The highest BCUT2D eigenvalue weighted by Gasteiger charge is 2.12. The van der Waals surface area contributed by atoms with Crippen LogP contribution in [0, 0.1) is 0 Å². The first kappa shape index (κ1) is 20.2. The third-order valence-electron chi connectivity index (χ3n) is 4.87. The number of carbonyl (C=O) groups excluding carboxylic acids is 1. The van der Waals surface area contributed by atoms with Gasteiger partial charge in [-0.1, -0.05) is 23.1 Å². The first-order valence-electron chi connectivity index (χ1n) is 9.96. The van der Waals surface area contributed by atoms with Crippen molar-refractivity contribution < 1.29 is 9.53 Å². The summed E-state index contributed by atoms with van der Waals surface area (Å²) in [6, 6.07) is 7.72. The number of aromatic nitrogens is 4. The number of rotatable bonds is 6. The van der Waals surface area contributed by atoms with Gasteiger partial charge in [0, 0.05) is 43.5 Å². The van der Waals surface area contributed by atoms with E-state index in [1.807, 2.05) is 35.0 Å². The predicted octanol–water partition coefficient (Wildman–Crippen LogP) is 2.94. The Morgan fingerprint density at radius 3 is 3.06 bits per heavy atom. The Kier molecular flexibility index (Phi) is 5.98. The molecule has 2 amide bonds. The zero-order valence-electron chi connectivity index (χ0n) is 16.7. The van der Waals surface area contributed by atoms with E-state index in [1.165, 1.54) is 11.3 Å². The van der Waals surface area contributed by atoms with E-state index in [0.717, 1.165) is 53.0 Å². The van der Waals surface area contributed by atoms with Crippen LogP contribution < -0.4 is 10.6 Å². The van der Waals surface area contributed by atoms with Crippen molar-refractivity contribution in [1.82, 2.24) is 29.6 Å². The zero-order chi connectivity index (χ0) is 21.0. The number of carbonyl (C=O) groups is 1. The Morgan fingerprint density at radius 1 is 1.26 bits per heavy atom. The first-order chi connectivity index (χ1) is 15.2. The van der Waals surface area contributed by atoms with Crippen LogP contribution in [0.5, 0.6) is 0 Å².